The van der Waals surface area contributed by atoms with Gasteiger partial charge in [-0.25, -0.2) is 0 Å². The molecule has 0 spiro atoms. The second kappa shape index (κ2) is 7.14. The summed E-state index contributed by atoms with van der Waals surface area (Å²) >= 11 is 0. The molecule has 0 aliphatic carbocycles. The van der Waals surface area contributed by atoms with Crippen molar-refractivity contribution in [1.82, 2.24) is 4.98 Å². The zero-order valence-corrected chi connectivity index (χ0v) is 14.7. The summed E-state index contributed by atoms with van der Waals surface area (Å²) in [5.74, 6) is 0.890. The number of pyridine rings is 1. The van der Waals surface area contributed by atoms with Crippen molar-refractivity contribution in [3.05, 3.63) is 66.0 Å². The summed E-state index contributed by atoms with van der Waals surface area (Å²) in [5.41, 5.74) is 3.33. The molecular weight excluding hydrogens is 308 g/mol. The Balaban J connectivity index is 1.50. The van der Waals surface area contributed by atoms with Gasteiger partial charge in [0.25, 0.3) is 0 Å². The molecule has 4 rings (SSSR count). The first kappa shape index (κ1) is 15.9. The predicted octanol–water partition coefficient (Wildman–Crippen LogP) is 5.11. The molecular formula is C22H24N2O. The van der Waals surface area contributed by atoms with Gasteiger partial charge in [0.1, 0.15) is 12.4 Å². The number of hydrogen-bond acceptors (Lipinski definition) is 3. The lowest BCUT2D eigenvalue weighted by Gasteiger charge is -2.29. The fraction of sp³-hybridized carbons (Fsp3) is 0.318. The van der Waals surface area contributed by atoms with Crippen molar-refractivity contribution in [2.45, 2.75) is 32.8 Å². The van der Waals surface area contributed by atoms with Crippen LogP contribution in [0.15, 0.2) is 54.6 Å². The van der Waals surface area contributed by atoms with E-state index < -0.39 is 0 Å². The van der Waals surface area contributed by atoms with E-state index in [1.807, 2.05) is 6.07 Å². The van der Waals surface area contributed by atoms with Gasteiger partial charge in [0, 0.05) is 24.5 Å². The summed E-state index contributed by atoms with van der Waals surface area (Å²) in [6.45, 7) is 4.86. The van der Waals surface area contributed by atoms with Crippen LogP contribution in [0.2, 0.25) is 0 Å². The second-order valence-corrected chi connectivity index (χ2v) is 6.80. The van der Waals surface area contributed by atoms with Crippen LogP contribution in [0.1, 0.15) is 30.7 Å². The van der Waals surface area contributed by atoms with Gasteiger partial charge in [-0.05, 0) is 61.2 Å². The first-order valence-corrected chi connectivity index (χ1v) is 9.12. The van der Waals surface area contributed by atoms with Gasteiger partial charge in [-0.2, -0.15) is 0 Å². The van der Waals surface area contributed by atoms with E-state index >= 15 is 0 Å². The molecule has 3 aromatic rings. The molecule has 25 heavy (non-hydrogen) atoms. The zero-order valence-electron chi connectivity index (χ0n) is 14.7. The van der Waals surface area contributed by atoms with Gasteiger partial charge in [-0.1, -0.05) is 30.3 Å². The van der Waals surface area contributed by atoms with Crippen LogP contribution in [0.5, 0.6) is 5.75 Å². The van der Waals surface area contributed by atoms with E-state index in [0.29, 0.717) is 6.61 Å². The van der Waals surface area contributed by atoms with E-state index in [1.165, 1.54) is 35.7 Å². The predicted molar refractivity (Wildman–Crippen MR) is 103 cm³/mol. The number of hydrogen-bond donors (Lipinski definition) is 0. The average molecular weight is 332 g/mol. The summed E-state index contributed by atoms with van der Waals surface area (Å²) in [4.78, 5) is 7.12. The van der Waals surface area contributed by atoms with E-state index in [-0.39, 0.29) is 0 Å². The van der Waals surface area contributed by atoms with E-state index in [0.717, 1.165) is 30.2 Å². The third-order valence-corrected chi connectivity index (χ3v) is 4.82. The van der Waals surface area contributed by atoms with E-state index in [2.05, 4.69) is 65.3 Å². The highest BCUT2D eigenvalue weighted by Crippen LogP contribution is 2.24. The van der Waals surface area contributed by atoms with Crippen LogP contribution in [0.3, 0.4) is 0 Å². The van der Waals surface area contributed by atoms with E-state index in [1.54, 1.807) is 0 Å². The topological polar surface area (TPSA) is 25.4 Å². The van der Waals surface area contributed by atoms with Crippen molar-refractivity contribution >= 4 is 16.5 Å². The van der Waals surface area contributed by atoms with Crippen LogP contribution in [0.4, 0.5) is 5.69 Å². The summed E-state index contributed by atoms with van der Waals surface area (Å²) in [7, 11) is 0. The first-order valence-electron chi connectivity index (χ1n) is 9.12. The third-order valence-electron chi connectivity index (χ3n) is 4.82. The number of piperidine rings is 1. The van der Waals surface area contributed by atoms with Crippen LogP contribution in [-0.2, 0) is 6.61 Å². The highest BCUT2D eigenvalue weighted by atomic mass is 16.5. The molecule has 3 nitrogen and oxygen atoms in total. The zero-order chi connectivity index (χ0) is 17.1. The molecule has 2 heterocycles. The molecule has 0 saturated carbocycles. The summed E-state index contributed by atoms with van der Waals surface area (Å²) < 4.78 is 6.02. The van der Waals surface area contributed by atoms with Crippen LogP contribution >= 0.6 is 0 Å². The van der Waals surface area contributed by atoms with Gasteiger partial charge in [0.2, 0.25) is 0 Å². The normalized spacial score (nSPS) is 14.7. The molecule has 3 heteroatoms. The number of aromatic nitrogens is 1. The quantitative estimate of drug-likeness (QED) is 0.663. The molecule has 1 aromatic heterocycles. The summed E-state index contributed by atoms with van der Waals surface area (Å²) in [5, 5.41) is 2.43. The Bertz CT molecular complexity index is 869. The number of aryl methyl sites for hydroxylation is 1. The van der Waals surface area contributed by atoms with Crippen LogP contribution in [0.25, 0.3) is 10.8 Å². The number of fused-ring (bicyclic) bond motifs is 1. The number of benzene rings is 2. The Morgan fingerprint density at radius 3 is 2.56 bits per heavy atom. The molecule has 1 saturated heterocycles. The molecule has 0 amide bonds. The van der Waals surface area contributed by atoms with E-state index in [4.69, 9.17) is 4.74 Å². The number of rotatable bonds is 4. The maximum absolute atomic E-state index is 6.02. The molecule has 0 radical (unpaired) electrons. The molecule has 1 fully saturated rings. The highest BCUT2D eigenvalue weighted by Gasteiger charge is 2.12. The van der Waals surface area contributed by atoms with Crippen molar-refractivity contribution in [1.29, 1.82) is 0 Å². The van der Waals surface area contributed by atoms with Crippen molar-refractivity contribution in [2.24, 2.45) is 0 Å². The van der Waals surface area contributed by atoms with Crippen molar-refractivity contribution in [2.75, 3.05) is 18.0 Å². The Kier molecular flexibility index (Phi) is 4.55. The molecule has 0 unspecified atom stereocenters. The minimum atomic E-state index is 0.501. The van der Waals surface area contributed by atoms with Crippen LogP contribution in [0, 0.1) is 6.92 Å². The standard InChI is InChI=1S/C22H24N2O/c1-17-13-21(24-11-5-2-6-12-24)15-20(23-17)16-25-22-10-9-18-7-3-4-8-19(18)14-22/h3-4,7-10,13-15H,2,5-6,11-12,16H2,1H3. The lowest BCUT2D eigenvalue weighted by atomic mass is 10.1. The Labute approximate surface area is 149 Å². The minimum absolute atomic E-state index is 0.501. The molecule has 0 bridgehead atoms. The fourth-order valence-electron chi connectivity index (χ4n) is 3.54. The number of nitrogens with zero attached hydrogens (tertiary/aromatic N) is 2. The Morgan fingerprint density at radius 2 is 1.72 bits per heavy atom. The molecule has 2 aromatic carbocycles. The van der Waals surface area contributed by atoms with Gasteiger partial charge in [-0.15, -0.1) is 0 Å². The van der Waals surface area contributed by atoms with E-state index in [9.17, 15) is 0 Å². The van der Waals surface area contributed by atoms with Gasteiger partial charge in [0.15, 0.2) is 0 Å². The number of anilines is 1. The lowest BCUT2D eigenvalue weighted by Crippen LogP contribution is -2.29. The third kappa shape index (κ3) is 3.76. The maximum Gasteiger partial charge on any atom is 0.130 e. The monoisotopic (exact) mass is 332 g/mol. The van der Waals surface area contributed by atoms with Crippen molar-refractivity contribution < 1.29 is 4.74 Å². The Morgan fingerprint density at radius 1 is 0.920 bits per heavy atom. The largest absolute Gasteiger partial charge is 0.487 e. The average Bonchev–Trinajstić information content (AvgIpc) is 2.66. The fourth-order valence-corrected chi connectivity index (χ4v) is 3.54. The van der Waals surface area contributed by atoms with Crippen LogP contribution < -0.4 is 9.64 Å². The molecule has 0 atom stereocenters. The van der Waals surface area contributed by atoms with Crippen molar-refractivity contribution in [3.63, 3.8) is 0 Å². The summed E-state index contributed by atoms with van der Waals surface area (Å²) in [6, 6.07) is 18.9. The summed E-state index contributed by atoms with van der Waals surface area (Å²) in [6.07, 6.45) is 3.91. The molecule has 1 aliphatic heterocycles. The first-order chi connectivity index (χ1) is 12.3. The molecule has 0 N–H and O–H groups in total. The van der Waals surface area contributed by atoms with Crippen molar-refractivity contribution in [3.8, 4) is 5.75 Å². The van der Waals surface area contributed by atoms with Gasteiger partial charge in [0.05, 0.1) is 5.69 Å². The van der Waals surface area contributed by atoms with Crippen LogP contribution in [-0.4, -0.2) is 18.1 Å². The lowest BCUT2D eigenvalue weighted by molar-refractivity contribution is 0.301. The molecule has 128 valence electrons. The number of ether oxygens (including phenoxy) is 1. The second-order valence-electron chi connectivity index (χ2n) is 6.80. The van der Waals surface area contributed by atoms with Gasteiger partial charge < -0.3 is 9.64 Å². The SMILES string of the molecule is Cc1cc(N2CCCCC2)cc(COc2ccc3ccccc3c2)n1. The van der Waals surface area contributed by atoms with Gasteiger partial charge in [-0.3, -0.25) is 4.98 Å². The Hall–Kier alpha value is -2.55. The maximum atomic E-state index is 6.02. The minimum Gasteiger partial charge on any atom is -0.487 e. The highest BCUT2D eigenvalue weighted by molar-refractivity contribution is 5.83. The van der Waals surface area contributed by atoms with Gasteiger partial charge >= 0.3 is 0 Å². The smallest absolute Gasteiger partial charge is 0.130 e. The molecule has 1 aliphatic rings.